The summed E-state index contributed by atoms with van der Waals surface area (Å²) >= 11 is 6.37. The summed E-state index contributed by atoms with van der Waals surface area (Å²) in [6.45, 7) is 3.36. The van der Waals surface area contributed by atoms with Gasteiger partial charge in [-0.15, -0.1) is 0 Å². The zero-order valence-electron chi connectivity index (χ0n) is 23.9. The zero-order valence-corrected chi connectivity index (χ0v) is 24.6. The fourth-order valence-corrected chi connectivity index (χ4v) is 5.08. The number of likely N-dealkylation sites (tertiary alicyclic amines) is 1. The highest BCUT2D eigenvalue weighted by Gasteiger charge is 2.38. The van der Waals surface area contributed by atoms with Crippen LogP contribution < -0.4 is 16.0 Å². The summed E-state index contributed by atoms with van der Waals surface area (Å²) < 4.78 is 31.7. The van der Waals surface area contributed by atoms with Gasteiger partial charge in [0.2, 0.25) is 17.8 Å². The molecule has 0 saturated carbocycles. The van der Waals surface area contributed by atoms with Crippen molar-refractivity contribution in [3.63, 3.8) is 0 Å². The smallest absolute Gasteiger partial charge is 0.475 e. The van der Waals surface area contributed by atoms with Crippen molar-refractivity contribution in [1.82, 2.24) is 14.9 Å². The maximum absolute atomic E-state index is 13.0. The number of anilines is 5. The lowest BCUT2D eigenvalue weighted by atomic mass is 9.93. The molecule has 3 heterocycles. The molecule has 10 nitrogen and oxygen atoms in total. The second-order valence-electron chi connectivity index (χ2n) is 10.4. The fourth-order valence-electron chi connectivity index (χ4n) is 4.94. The number of halogens is 4. The first-order valence-corrected chi connectivity index (χ1v) is 14.4. The number of carbonyl (C=O) groups excluding carboxylic acids is 2. The van der Waals surface area contributed by atoms with E-state index in [2.05, 4.69) is 38.1 Å². The number of amides is 2. The maximum Gasteiger partial charge on any atom is 0.490 e. The van der Waals surface area contributed by atoms with Gasteiger partial charge in [0.15, 0.2) is 5.82 Å². The predicted molar refractivity (Wildman–Crippen MR) is 160 cm³/mol. The Morgan fingerprint density at radius 1 is 1.07 bits per heavy atom. The first kappa shape index (κ1) is 32.5. The molecule has 5 rings (SSSR count). The number of hydrogen-bond donors (Lipinski definition) is 4. The zero-order chi connectivity index (χ0) is 31.9. The van der Waals surface area contributed by atoms with E-state index in [0.717, 1.165) is 61.4 Å². The average molecular weight is 633 g/mol. The summed E-state index contributed by atoms with van der Waals surface area (Å²) in [6.07, 6.45) is 0.765. The Labute approximate surface area is 257 Å². The van der Waals surface area contributed by atoms with Gasteiger partial charge in [0.1, 0.15) is 5.02 Å². The van der Waals surface area contributed by atoms with Crippen LogP contribution in [0.3, 0.4) is 0 Å². The van der Waals surface area contributed by atoms with Crippen LogP contribution >= 0.6 is 11.6 Å². The average Bonchev–Trinajstić information content (AvgIpc) is 2.99. The van der Waals surface area contributed by atoms with E-state index in [4.69, 9.17) is 21.5 Å². The van der Waals surface area contributed by atoms with Gasteiger partial charge in [0.05, 0.1) is 6.20 Å². The molecule has 4 N–H and O–H groups in total. The molecule has 6 bridgehead atoms. The molecule has 0 spiro atoms. The number of carboxylic acids is 1. The van der Waals surface area contributed by atoms with Crippen molar-refractivity contribution < 1.29 is 32.7 Å². The van der Waals surface area contributed by atoms with Gasteiger partial charge < -0.3 is 26.0 Å². The highest BCUT2D eigenvalue weighted by atomic mass is 35.5. The molecule has 1 aromatic heterocycles. The SMILES string of the molecule is CCC(=O)N1CCC(CC(=O)Nc2ccc3cc2CCc2cccc(c2)Nc2ncc(Cl)c(n2)N3)CC1.O=C(O)C(F)(F)F. The molecule has 14 heteroatoms. The van der Waals surface area contributed by atoms with Crippen LogP contribution in [-0.2, 0) is 27.2 Å². The highest BCUT2D eigenvalue weighted by molar-refractivity contribution is 6.32. The number of piperidine rings is 1. The minimum atomic E-state index is -5.08. The van der Waals surface area contributed by atoms with Crippen molar-refractivity contribution in [2.45, 2.75) is 51.6 Å². The molecule has 234 valence electrons. The Morgan fingerprint density at radius 2 is 1.77 bits per heavy atom. The summed E-state index contributed by atoms with van der Waals surface area (Å²) in [5, 5.41) is 17.2. The van der Waals surface area contributed by atoms with Crippen LogP contribution in [0.2, 0.25) is 5.02 Å². The Bertz CT molecular complexity index is 1510. The summed E-state index contributed by atoms with van der Waals surface area (Å²) in [5.74, 6) is -1.31. The number of rotatable bonds is 4. The molecule has 0 aliphatic carbocycles. The highest BCUT2D eigenvalue weighted by Crippen LogP contribution is 2.30. The Kier molecular flexibility index (Phi) is 10.6. The van der Waals surface area contributed by atoms with E-state index in [1.54, 1.807) is 6.20 Å². The molecule has 44 heavy (non-hydrogen) atoms. The van der Waals surface area contributed by atoms with E-state index in [0.29, 0.717) is 29.6 Å². The summed E-state index contributed by atoms with van der Waals surface area (Å²) in [6, 6.07) is 14.0. The minimum absolute atomic E-state index is 0.00910. The standard InChI is InChI=1S/C28H31ClN6O2.C2HF3O2/c1-2-26(37)35-12-10-19(11-13-35)15-25(36)33-24-9-8-22-16-20(24)7-6-18-4-3-5-21(14-18)32-28-30-17-23(29)27(31-22)34-28;3-2(4,5)1(6)7/h3-5,8-9,14,16-17,19H,2,6-7,10-13,15H2,1H3,(H,33,36)(H2,30,31,32,34);(H,6,7). The molecule has 2 aliphatic heterocycles. The summed E-state index contributed by atoms with van der Waals surface area (Å²) in [4.78, 5) is 44.6. The second kappa shape index (κ2) is 14.4. The van der Waals surface area contributed by atoms with Gasteiger partial charge in [-0.2, -0.15) is 18.2 Å². The van der Waals surface area contributed by atoms with Gasteiger partial charge in [-0.05, 0) is 73.1 Å². The third kappa shape index (κ3) is 9.06. The normalized spacial score (nSPS) is 14.7. The number of aliphatic carboxylic acids is 1. The van der Waals surface area contributed by atoms with Crippen LogP contribution in [0.4, 0.5) is 42.0 Å². The minimum Gasteiger partial charge on any atom is -0.475 e. The van der Waals surface area contributed by atoms with Gasteiger partial charge in [-0.25, -0.2) is 9.78 Å². The largest absolute Gasteiger partial charge is 0.490 e. The second-order valence-corrected chi connectivity index (χ2v) is 10.9. The Morgan fingerprint density at radius 3 is 2.45 bits per heavy atom. The molecular formula is C30H32ClF3N6O4. The van der Waals surface area contributed by atoms with E-state index in [-0.39, 0.29) is 17.7 Å². The number of aromatic nitrogens is 2. The molecule has 2 amide bonds. The predicted octanol–water partition coefficient (Wildman–Crippen LogP) is 6.33. The molecule has 2 aromatic carbocycles. The van der Waals surface area contributed by atoms with Crippen molar-refractivity contribution in [3.8, 4) is 0 Å². The molecule has 0 atom stereocenters. The number of nitrogens with one attached hydrogen (secondary N) is 3. The lowest BCUT2D eigenvalue weighted by Gasteiger charge is -2.31. The lowest BCUT2D eigenvalue weighted by Crippen LogP contribution is -2.38. The monoisotopic (exact) mass is 632 g/mol. The van der Waals surface area contributed by atoms with Crippen LogP contribution in [0.5, 0.6) is 0 Å². The molecule has 3 aromatic rings. The maximum atomic E-state index is 13.0. The molecule has 1 saturated heterocycles. The van der Waals surface area contributed by atoms with Crippen LogP contribution in [0.25, 0.3) is 0 Å². The van der Waals surface area contributed by atoms with Gasteiger partial charge >= 0.3 is 12.1 Å². The molecular weight excluding hydrogens is 601 g/mol. The topological polar surface area (TPSA) is 137 Å². The van der Waals surface area contributed by atoms with Crippen molar-refractivity contribution in [1.29, 1.82) is 0 Å². The van der Waals surface area contributed by atoms with Gasteiger partial charge in [0, 0.05) is 43.0 Å². The number of alkyl halides is 3. The molecule has 0 radical (unpaired) electrons. The van der Waals surface area contributed by atoms with Gasteiger partial charge in [-0.1, -0.05) is 30.7 Å². The van der Waals surface area contributed by atoms with Gasteiger partial charge in [-0.3, -0.25) is 9.59 Å². The number of aryl methyl sites for hydroxylation is 2. The Hall–Kier alpha value is -4.39. The van der Waals surface area contributed by atoms with Crippen molar-refractivity contribution in [2.75, 3.05) is 29.0 Å². The fraction of sp³-hybridized carbons (Fsp3) is 0.367. The quantitative estimate of drug-likeness (QED) is 0.262. The number of carboxylic acid groups (broad SMARTS) is 1. The van der Waals surface area contributed by atoms with Crippen LogP contribution in [0.15, 0.2) is 48.7 Å². The van der Waals surface area contributed by atoms with Crippen molar-refractivity contribution >= 4 is 58.2 Å². The number of hydrogen-bond acceptors (Lipinski definition) is 7. The van der Waals surface area contributed by atoms with Crippen LogP contribution in [-0.4, -0.2) is 57.0 Å². The van der Waals surface area contributed by atoms with E-state index in [9.17, 15) is 22.8 Å². The van der Waals surface area contributed by atoms with E-state index in [1.165, 1.54) is 5.56 Å². The molecule has 1 fully saturated rings. The first-order chi connectivity index (χ1) is 20.9. The van der Waals surface area contributed by atoms with Crippen molar-refractivity contribution in [2.24, 2.45) is 5.92 Å². The summed E-state index contributed by atoms with van der Waals surface area (Å²) in [7, 11) is 0. The molecule has 0 unspecified atom stereocenters. The number of fused-ring (bicyclic) bond motifs is 6. The first-order valence-electron chi connectivity index (χ1n) is 14.1. The Balaban J connectivity index is 0.000000566. The van der Waals surface area contributed by atoms with Crippen LogP contribution in [0, 0.1) is 5.92 Å². The van der Waals surface area contributed by atoms with E-state index >= 15 is 0 Å². The van der Waals surface area contributed by atoms with E-state index in [1.807, 2.05) is 42.2 Å². The van der Waals surface area contributed by atoms with E-state index < -0.39 is 12.1 Å². The molecule has 2 aliphatic rings. The number of benzene rings is 2. The van der Waals surface area contributed by atoms with Crippen LogP contribution in [0.1, 0.15) is 43.7 Å². The third-order valence-corrected chi connectivity index (χ3v) is 7.52. The van der Waals surface area contributed by atoms with Gasteiger partial charge in [0.25, 0.3) is 0 Å². The van der Waals surface area contributed by atoms with Crippen molar-refractivity contribution in [3.05, 3.63) is 64.8 Å². The number of carbonyl (C=O) groups is 3. The number of nitrogens with zero attached hydrogens (tertiary/aromatic N) is 3. The third-order valence-electron chi connectivity index (χ3n) is 7.24. The summed E-state index contributed by atoms with van der Waals surface area (Å²) in [5.41, 5.74) is 4.75. The lowest BCUT2D eigenvalue weighted by molar-refractivity contribution is -0.192.